The van der Waals surface area contributed by atoms with E-state index in [9.17, 15) is 0 Å². The average Bonchev–Trinajstić information content (AvgIpc) is 2.47. The molecule has 0 aliphatic carbocycles. The predicted octanol–water partition coefficient (Wildman–Crippen LogP) is 0.211. The highest BCUT2D eigenvalue weighted by Crippen LogP contribution is 2.02. The van der Waals surface area contributed by atoms with Gasteiger partial charge in [-0.15, -0.1) is 11.5 Å². The van der Waals surface area contributed by atoms with E-state index in [1.807, 2.05) is 6.92 Å². The number of rotatable bonds is 3. The summed E-state index contributed by atoms with van der Waals surface area (Å²) >= 11 is 0. The molecule has 0 fully saturated rings. The van der Waals surface area contributed by atoms with E-state index in [0.29, 0.717) is 5.95 Å². The number of hydrogen-bond donors (Lipinski definition) is 3. The van der Waals surface area contributed by atoms with Gasteiger partial charge in [-0.25, -0.2) is 5.10 Å². The molecule has 0 aliphatic rings. The van der Waals surface area contributed by atoms with E-state index >= 15 is 0 Å². The molecule has 12 heavy (non-hydrogen) atoms. The van der Waals surface area contributed by atoms with E-state index in [4.69, 9.17) is 12.2 Å². The molecule has 1 aromatic heterocycles. The van der Waals surface area contributed by atoms with Crippen LogP contribution in [-0.4, -0.2) is 21.2 Å². The summed E-state index contributed by atoms with van der Waals surface area (Å²) < 4.78 is 0. The Morgan fingerprint density at radius 2 is 2.58 bits per heavy atom. The quantitative estimate of drug-likeness (QED) is 0.559. The summed E-state index contributed by atoms with van der Waals surface area (Å²) in [6.07, 6.45) is 6.05. The van der Waals surface area contributed by atoms with Gasteiger partial charge in [-0.3, -0.25) is 0 Å². The molecule has 5 heteroatoms. The fraction of sp³-hybridized carbons (Fsp3) is 0.429. The van der Waals surface area contributed by atoms with E-state index in [1.165, 1.54) is 0 Å². The summed E-state index contributed by atoms with van der Waals surface area (Å²) in [6, 6.07) is -0.0415. The van der Waals surface area contributed by atoms with Crippen LogP contribution in [0.1, 0.15) is 13.3 Å². The molecule has 0 radical (unpaired) electrons. The van der Waals surface area contributed by atoms with E-state index in [1.54, 1.807) is 0 Å². The van der Waals surface area contributed by atoms with Crippen LogP contribution in [-0.2, 0) is 0 Å². The van der Waals surface area contributed by atoms with Gasteiger partial charge in [-0.05, 0) is 6.42 Å². The molecule has 0 aliphatic heterocycles. The third kappa shape index (κ3) is 1.89. The Hall–Kier alpha value is -1.70. The van der Waals surface area contributed by atoms with Crippen molar-refractivity contribution in [3.05, 3.63) is 0 Å². The molecule has 1 atom stereocenters. The lowest BCUT2D eigenvalue weighted by atomic mass is 10.2. The van der Waals surface area contributed by atoms with Crippen LogP contribution >= 0.6 is 0 Å². The molecule has 0 bridgehead atoms. The zero-order chi connectivity index (χ0) is 8.97. The smallest absolute Gasteiger partial charge is 0.244 e. The Labute approximate surface area is 70.8 Å². The minimum absolute atomic E-state index is 0.0415. The van der Waals surface area contributed by atoms with Crippen molar-refractivity contribution in [2.75, 3.05) is 11.1 Å². The number of H-pyrrole nitrogens is 1. The number of terminal acetylenes is 1. The summed E-state index contributed by atoms with van der Waals surface area (Å²) in [7, 11) is 0. The number of nitrogens with zero attached hydrogens (tertiary/aromatic N) is 2. The van der Waals surface area contributed by atoms with Gasteiger partial charge in [0.1, 0.15) is 0 Å². The van der Waals surface area contributed by atoms with E-state index in [2.05, 4.69) is 26.4 Å². The molecule has 0 saturated carbocycles. The van der Waals surface area contributed by atoms with Crippen LogP contribution in [0.25, 0.3) is 0 Å². The van der Waals surface area contributed by atoms with Crippen LogP contribution < -0.4 is 11.1 Å². The van der Waals surface area contributed by atoms with Gasteiger partial charge in [0.2, 0.25) is 11.9 Å². The Balaban J connectivity index is 2.58. The van der Waals surface area contributed by atoms with E-state index < -0.39 is 0 Å². The summed E-state index contributed by atoms with van der Waals surface area (Å²) in [6.45, 7) is 1.98. The molecule has 64 valence electrons. The van der Waals surface area contributed by atoms with Gasteiger partial charge in [0.25, 0.3) is 0 Å². The highest BCUT2D eigenvalue weighted by atomic mass is 15.3. The molecule has 0 amide bonds. The molecule has 4 N–H and O–H groups in total. The largest absolute Gasteiger partial charge is 0.368 e. The minimum Gasteiger partial charge on any atom is -0.368 e. The van der Waals surface area contributed by atoms with Crippen molar-refractivity contribution in [2.24, 2.45) is 0 Å². The van der Waals surface area contributed by atoms with Crippen molar-refractivity contribution in [1.82, 2.24) is 15.2 Å². The number of nitrogens with one attached hydrogen (secondary N) is 2. The standard InChI is InChI=1S/C7H11N5/c1-3-5(4-2)9-7-10-6(8)11-12-7/h1,5H,4H2,2H3,(H4,8,9,10,11,12). The number of aromatic amines is 1. The van der Waals surface area contributed by atoms with Crippen LogP contribution in [0.4, 0.5) is 11.9 Å². The maximum Gasteiger partial charge on any atom is 0.244 e. The normalized spacial score (nSPS) is 12.0. The van der Waals surface area contributed by atoms with Gasteiger partial charge >= 0.3 is 0 Å². The first kappa shape index (κ1) is 8.40. The van der Waals surface area contributed by atoms with Crippen molar-refractivity contribution < 1.29 is 0 Å². The number of hydrogen-bond acceptors (Lipinski definition) is 4. The lowest BCUT2D eigenvalue weighted by Gasteiger charge is -2.06. The second-order valence-corrected chi connectivity index (χ2v) is 2.32. The SMILES string of the molecule is C#CC(CC)Nc1n[nH]c(N)n1. The topological polar surface area (TPSA) is 79.6 Å². The third-order valence-corrected chi connectivity index (χ3v) is 1.42. The number of anilines is 2. The Bertz CT molecular complexity index is 284. The Kier molecular flexibility index (Phi) is 2.53. The first-order chi connectivity index (χ1) is 5.76. The Morgan fingerprint density at radius 3 is 3.00 bits per heavy atom. The van der Waals surface area contributed by atoms with Crippen LogP contribution in [0.5, 0.6) is 0 Å². The molecular formula is C7H11N5. The first-order valence-corrected chi connectivity index (χ1v) is 3.66. The van der Waals surface area contributed by atoms with Crippen molar-refractivity contribution in [1.29, 1.82) is 0 Å². The number of nitrogens with two attached hydrogens (primary N) is 1. The van der Waals surface area contributed by atoms with Crippen molar-refractivity contribution >= 4 is 11.9 Å². The van der Waals surface area contributed by atoms with Gasteiger partial charge in [0, 0.05) is 0 Å². The van der Waals surface area contributed by atoms with Crippen LogP contribution in [0.15, 0.2) is 0 Å². The van der Waals surface area contributed by atoms with Crippen LogP contribution in [0.2, 0.25) is 0 Å². The summed E-state index contributed by atoms with van der Waals surface area (Å²) in [5, 5.41) is 9.22. The molecular weight excluding hydrogens is 154 g/mol. The summed E-state index contributed by atoms with van der Waals surface area (Å²) in [5.74, 6) is 3.29. The van der Waals surface area contributed by atoms with Gasteiger partial charge in [-0.2, -0.15) is 4.98 Å². The average molecular weight is 165 g/mol. The summed E-state index contributed by atoms with van der Waals surface area (Å²) in [5.41, 5.74) is 5.32. The van der Waals surface area contributed by atoms with Crippen molar-refractivity contribution in [3.8, 4) is 12.3 Å². The second kappa shape index (κ2) is 3.62. The van der Waals surface area contributed by atoms with Gasteiger partial charge in [0.15, 0.2) is 0 Å². The summed E-state index contributed by atoms with van der Waals surface area (Å²) in [4.78, 5) is 3.85. The second-order valence-electron chi connectivity index (χ2n) is 2.32. The number of aromatic nitrogens is 3. The molecule has 1 rings (SSSR count). The third-order valence-electron chi connectivity index (χ3n) is 1.42. The fourth-order valence-corrected chi connectivity index (χ4v) is 0.756. The van der Waals surface area contributed by atoms with Gasteiger partial charge in [-0.1, -0.05) is 12.8 Å². The van der Waals surface area contributed by atoms with Crippen LogP contribution in [0, 0.1) is 12.3 Å². The number of nitrogen functional groups attached to an aromatic ring is 1. The van der Waals surface area contributed by atoms with E-state index in [-0.39, 0.29) is 12.0 Å². The van der Waals surface area contributed by atoms with Gasteiger partial charge in [0.05, 0.1) is 6.04 Å². The first-order valence-electron chi connectivity index (χ1n) is 3.66. The van der Waals surface area contributed by atoms with Gasteiger partial charge < -0.3 is 11.1 Å². The zero-order valence-electron chi connectivity index (χ0n) is 6.83. The molecule has 1 aromatic rings. The molecule has 1 unspecified atom stereocenters. The maximum atomic E-state index is 5.32. The highest BCUT2D eigenvalue weighted by molar-refractivity contribution is 5.33. The fourth-order valence-electron chi connectivity index (χ4n) is 0.756. The Morgan fingerprint density at radius 1 is 1.83 bits per heavy atom. The lowest BCUT2D eigenvalue weighted by Crippen LogP contribution is -2.16. The maximum absolute atomic E-state index is 5.32. The molecule has 5 nitrogen and oxygen atoms in total. The zero-order valence-corrected chi connectivity index (χ0v) is 6.83. The van der Waals surface area contributed by atoms with Crippen molar-refractivity contribution in [2.45, 2.75) is 19.4 Å². The molecule has 0 spiro atoms. The van der Waals surface area contributed by atoms with E-state index in [0.717, 1.165) is 6.42 Å². The monoisotopic (exact) mass is 165 g/mol. The lowest BCUT2D eigenvalue weighted by molar-refractivity contribution is 0.842. The van der Waals surface area contributed by atoms with Crippen molar-refractivity contribution in [3.63, 3.8) is 0 Å². The predicted molar refractivity (Wildman–Crippen MR) is 47.3 cm³/mol. The molecule has 1 heterocycles. The minimum atomic E-state index is -0.0415. The highest BCUT2D eigenvalue weighted by Gasteiger charge is 2.04. The molecule has 0 aromatic carbocycles. The molecule has 0 saturated heterocycles. The van der Waals surface area contributed by atoms with Crippen LogP contribution in [0.3, 0.4) is 0 Å².